The fourth-order valence-electron chi connectivity index (χ4n) is 2.66. The van der Waals surface area contributed by atoms with Crippen LogP contribution >= 0.6 is 0 Å². The Morgan fingerprint density at radius 2 is 1.81 bits per heavy atom. The summed E-state index contributed by atoms with van der Waals surface area (Å²) in [6.45, 7) is 1.92. The smallest absolute Gasteiger partial charge is 0.261 e. The van der Waals surface area contributed by atoms with E-state index >= 15 is 0 Å². The summed E-state index contributed by atoms with van der Waals surface area (Å²) >= 11 is 0. The molecule has 6 nitrogen and oxygen atoms in total. The second kappa shape index (κ2) is 7.28. The lowest BCUT2D eigenvalue weighted by Crippen LogP contribution is -2.39. The molecule has 1 fully saturated rings. The van der Waals surface area contributed by atoms with Gasteiger partial charge in [-0.25, -0.2) is 5.90 Å². The first kappa shape index (κ1) is 15.6. The zero-order chi connectivity index (χ0) is 15.2. The first-order valence-corrected chi connectivity index (χ1v) is 7.03. The number of likely N-dealkylation sites (tertiary alicyclic amines) is 1. The van der Waals surface area contributed by atoms with E-state index in [0.717, 1.165) is 12.8 Å². The first-order valence-electron chi connectivity index (χ1n) is 7.03. The normalized spacial score (nSPS) is 15.9. The van der Waals surface area contributed by atoms with Crippen LogP contribution in [0, 0.1) is 5.92 Å². The van der Waals surface area contributed by atoms with Gasteiger partial charge in [0.15, 0.2) is 0 Å². The van der Waals surface area contributed by atoms with Gasteiger partial charge >= 0.3 is 0 Å². The molecule has 0 aromatic heterocycles. The number of carbonyl (C=O) groups is 1. The molecule has 1 aliphatic heterocycles. The van der Waals surface area contributed by atoms with Gasteiger partial charge in [-0.1, -0.05) is 6.07 Å². The SMILES string of the molecule is COc1cccc(OC)c1C(=O)N1CCC(CON)CC1. The number of rotatable bonds is 5. The van der Waals surface area contributed by atoms with Crippen molar-refractivity contribution >= 4 is 5.91 Å². The molecule has 0 aliphatic carbocycles. The summed E-state index contributed by atoms with van der Waals surface area (Å²) in [6.07, 6.45) is 1.78. The minimum atomic E-state index is -0.0589. The molecule has 0 bridgehead atoms. The summed E-state index contributed by atoms with van der Waals surface area (Å²) < 4.78 is 10.6. The van der Waals surface area contributed by atoms with E-state index in [1.807, 2.05) is 4.90 Å². The van der Waals surface area contributed by atoms with Gasteiger partial charge in [0, 0.05) is 13.1 Å². The molecular weight excluding hydrogens is 272 g/mol. The van der Waals surface area contributed by atoms with Gasteiger partial charge in [0.05, 0.1) is 20.8 Å². The monoisotopic (exact) mass is 294 g/mol. The van der Waals surface area contributed by atoms with Crippen LogP contribution in [0.4, 0.5) is 0 Å². The summed E-state index contributed by atoms with van der Waals surface area (Å²) in [7, 11) is 3.10. The van der Waals surface area contributed by atoms with Crippen molar-refractivity contribution in [2.45, 2.75) is 12.8 Å². The Labute approximate surface area is 124 Å². The van der Waals surface area contributed by atoms with Crippen LogP contribution in [0.3, 0.4) is 0 Å². The molecule has 2 N–H and O–H groups in total. The molecule has 116 valence electrons. The lowest BCUT2D eigenvalue weighted by molar-refractivity contribution is 0.0521. The van der Waals surface area contributed by atoms with Crippen LogP contribution in [-0.4, -0.2) is 44.7 Å². The second-order valence-corrected chi connectivity index (χ2v) is 5.11. The maximum absolute atomic E-state index is 12.7. The van der Waals surface area contributed by atoms with Crippen molar-refractivity contribution in [2.75, 3.05) is 33.9 Å². The van der Waals surface area contributed by atoms with Gasteiger partial charge in [0.1, 0.15) is 17.1 Å². The Morgan fingerprint density at radius 1 is 1.24 bits per heavy atom. The number of piperidine rings is 1. The van der Waals surface area contributed by atoms with Crippen molar-refractivity contribution in [3.05, 3.63) is 23.8 Å². The van der Waals surface area contributed by atoms with Crippen LogP contribution in [0.15, 0.2) is 18.2 Å². The van der Waals surface area contributed by atoms with Gasteiger partial charge in [0.2, 0.25) is 0 Å². The number of carbonyl (C=O) groups excluding carboxylic acids is 1. The van der Waals surface area contributed by atoms with Crippen LogP contribution in [0.2, 0.25) is 0 Å². The minimum absolute atomic E-state index is 0.0589. The molecule has 1 amide bonds. The summed E-state index contributed by atoms with van der Waals surface area (Å²) in [5.74, 6) is 6.53. The summed E-state index contributed by atoms with van der Waals surface area (Å²) in [5.41, 5.74) is 0.482. The number of benzene rings is 1. The molecule has 0 atom stereocenters. The molecule has 21 heavy (non-hydrogen) atoms. The number of methoxy groups -OCH3 is 2. The number of ether oxygens (including phenoxy) is 2. The fraction of sp³-hybridized carbons (Fsp3) is 0.533. The van der Waals surface area contributed by atoms with Crippen molar-refractivity contribution < 1.29 is 19.1 Å². The van der Waals surface area contributed by atoms with E-state index in [2.05, 4.69) is 0 Å². The lowest BCUT2D eigenvalue weighted by Gasteiger charge is -2.32. The molecule has 0 spiro atoms. The van der Waals surface area contributed by atoms with Gasteiger partial charge in [-0.15, -0.1) is 0 Å². The Kier molecular flexibility index (Phi) is 5.41. The average molecular weight is 294 g/mol. The highest BCUT2D eigenvalue weighted by atomic mass is 16.6. The van der Waals surface area contributed by atoms with Crippen molar-refractivity contribution in [3.63, 3.8) is 0 Å². The second-order valence-electron chi connectivity index (χ2n) is 5.11. The van der Waals surface area contributed by atoms with Gasteiger partial charge in [0.25, 0.3) is 5.91 Å². The van der Waals surface area contributed by atoms with Gasteiger partial charge < -0.3 is 19.2 Å². The molecule has 6 heteroatoms. The fourth-order valence-corrected chi connectivity index (χ4v) is 2.66. The number of nitrogens with two attached hydrogens (primary N) is 1. The number of amides is 1. The average Bonchev–Trinajstić information content (AvgIpc) is 2.54. The van der Waals surface area contributed by atoms with Crippen LogP contribution in [0.5, 0.6) is 11.5 Å². The van der Waals surface area contributed by atoms with E-state index in [0.29, 0.717) is 42.7 Å². The van der Waals surface area contributed by atoms with E-state index in [1.54, 1.807) is 32.4 Å². The topological polar surface area (TPSA) is 74.0 Å². The third-order valence-corrected chi connectivity index (χ3v) is 3.88. The molecular formula is C15H22N2O4. The number of hydrogen-bond donors (Lipinski definition) is 1. The standard InChI is InChI=1S/C15H22N2O4/c1-19-12-4-3-5-13(20-2)14(12)15(18)17-8-6-11(7-9-17)10-21-16/h3-5,11H,6-10,16H2,1-2H3. The van der Waals surface area contributed by atoms with Gasteiger partial charge in [-0.05, 0) is 30.9 Å². The van der Waals surface area contributed by atoms with E-state index < -0.39 is 0 Å². The highest BCUT2D eigenvalue weighted by Crippen LogP contribution is 2.30. The van der Waals surface area contributed by atoms with Gasteiger partial charge in [-0.3, -0.25) is 4.79 Å². The largest absolute Gasteiger partial charge is 0.496 e. The Bertz CT molecular complexity index is 462. The van der Waals surface area contributed by atoms with Crippen LogP contribution in [-0.2, 0) is 4.84 Å². The molecule has 2 rings (SSSR count). The van der Waals surface area contributed by atoms with Crippen molar-refractivity contribution in [2.24, 2.45) is 11.8 Å². The van der Waals surface area contributed by atoms with E-state index in [-0.39, 0.29) is 5.91 Å². The molecule has 0 radical (unpaired) electrons. The highest BCUT2D eigenvalue weighted by Gasteiger charge is 2.27. The molecule has 1 saturated heterocycles. The number of hydrogen-bond acceptors (Lipinski definition) is 5. The van der Waals surface area contributed by atoms with Crippen molar-refractivity contribution in [1.29, 1.82) is 0 Å². The summed E-state index contributed by atoms with van der Waals surface area (Å²) in [4.78, 5) is 19.3. The Morgan fingerprint density at radius 3 is 2.29 bits per heavy atom. The molecule has 0 unspecified atom stereocenters. The highest BCUT2D eigenvalue weighted by molar-refractivity contribution is 5.99. The third-order valence-electron chi connectivity index (χ3n) is 3.88. The summed E-state index contributed by atoms with van der Waals surface area (Å²) in [5, 5.41) is 0. The molecule has 1 aliphatic rings. The summed E-state index contributed by atoms with van der Waals surface area (Å²) in [6, 6.07) is 5.34. The predicted octanol–water partition coefficient (Wildman–Crippen LogP) is 1.45. The Hall–Kier alpha value is -1.79. The van der Waals surface area contributed by atoms with E-state index in [1.165, 1.54) is 0 Å². The van der Waals surface area contributed by atoms with Crippen LogP contribution in [0.1, 0.15) is 23.2 Å². The van der Waals surface area contributed by atoms with E-state index in [4.69, 9.17) is 20.2 Å². The molecule has 1 aromatic rings. The molecule has 0 saturated carbocycles. The quantitative estimate of drug-likeness (QED) is 0.832. The Balaban J connectivity index is 2.14. The zero-order valence-electron chi connectivity index (χ0n) is 12.5. The maximum Gasteiger partial charge on any atom is 0.261 e. The van der Waals surface area contributed by atoms with Crippen LogP contribution < -0.4 is 15.4 Å². The van der Waals surface area contributed by atoms with Crippen molar-refractivity contribution in [1.82, 2.24) is 4.90 Å². The molecule has 1 heterocycles. The molecule has 1 aromatic carbocycles. The van der Waals surface area contributed by atoms with Gasteiger partial charge in [-0.2, -0.15) is 0 Å². The number of nitrogens with zero attached hydrogens (tertiary/aromatic N) is 1. The van der Waals surface area contributed by atoms with E-state index in [9.17, 15) is 4.79 Å². The van der Waals surface area contributed by atoms with Crippen LogP contribution in [0.25, 0.3) is 0 Å². The predicted molar refractivity (Wildman–Crippen MR) is 78.3 cm³/mol. The zero-order valence-corrected chi connectivity index (χ0v) is 12.5. The first-order chi connectivity index (χ1) is 10.2. The minimum Gasteiger partial charge on any atom is -0.496 e. The third kappa shape index (κ3) is 3.46. The maximum atomic E-state index is 12.7. The lowest BCUT2D eigenvalue weighted by atomic mass is 9.97. The van der Waals surface area contributed by atoms with Crippen molar-refractivity contribution in [3.8, 4) is 11.5 Å².